The van der Waals surface area contributed by atoms with Crippen LogP contribution in [0, 0.1) is 17.6 Å². The lowest BCUT2D eigenvalue weighted by molar-refractivity contribution is -0.138. The molecule has 1 aliphatic rings. The van der Waals surface area contributed by atoms with Gasteiger partial charge in [-0.05, 0) is 78.5 Å². The van der Waals surface area contributed by atoms with Crippen LogP contribution in [0.1, 0.15) is 53.9 Å². The molecule has 37 heavy (non-hydrogen) atoms. The summed E-state index contributed by atoms with van der Waals surface area (Å²) in [6.45, 7) is 0. The number of aliphatic carboxylic acids is 1. The number of carbonyl (C=O) groups is 2. The summed E-state index contributed by atoms with van der Waals surface area (Å²) in [5.41, 5.74) is 4.13. The molecule has 1 amide bonds. The van der Waals surface area contributed by atoms with Crippen LogP contribution in [0.2, 0.25) is 0 Å². The highest BCUT2D eigenvalue weighted by atomic mass is 19.1. The molecule has 0 atom stereocenters. The number of anilines is 1. The van der Waals surface area contributed by atoms with Gasteiger partial charge in [0.25, 0.3) is 5.91 Å². The summed E-state index contributed by atoms with van der Waals surface area (Å²) >= 11 is 0. The molecule has 5 nitrogen and oxygen atoms in total. The maximum atomic E-state index is 14.0. The zero-order chi connectivity index (χ0) is 25.9. The first-order valence-electron chi connectivity index (χ1n) is 12.3. The lowest BCUT2D eigenvalue weighted by atomic mass is 9.77. The fraction of sp³-hybridized carbons (Fsp3) is 0.233. The Morgan fingerprint density at radius 1 is 0.892 bits per heavy atom. The monoisotopic (exact) mass is 500 g/mol. The molecular weight excluding hydrogens is 474 g/mol. The van der Waals surface area contributed by atoms with Gasteiger partial charge >= 0.3 is 5.97 Å². The number of fused-ring (bicyclic) bond motifs is 1. The van der Waals surface area contributed by atoms with Crippen LogP contribution < -0.4 is 5.32 Å². The zero-order valence-corrected chi connectivity index (χ0v) is 20.1. The number of pyridine rings is 1. The highest BCUT2D eigenvalue weighted by Crippen LogP contribution is 2.38. The summed E-state index contributed by atoms with van der Waals surface area (Å²) < 4.78 is 27.2. The second-order valence-electron chi connectivity index (χ2n) is 9.61. The number of aromatic nitrogens is 1. The number of carboxylic acids is 1. The molecule has 0 unspecified atom stereocenters. The van der Waals surface area contributed by atoms with Gasteiger partial charge in [0.1, 0.15) is 11.6 Å². The van der Waals surface area contributed by atoms with Crippen molar-refractivity contribution in [3.8, 4) is 11.1 Å². The largest absolute Gasteiger partial charge is 0.481 e. The maximum absolute atomic E-state index is 14.0. The van der Waals surface area contributed by atoms with Gasteiger partial charge in [0.15, 0.2) is 0 Å². The Hall–Kier alpha value is -4.13. The zero-order valence-electron chi connectivity index (χ0n) is 20.1. The Morgan fingerprint density at radius 2 is 1.62 bits per heavy atom. The van der Waals surface area contributed by atoms with E-state index in [1.165, 1.54) is 17.8 Å². The highest BCUT2D eigenvalue weighted by Gasteiger charge is 2.24. The van der Waals surface area contributed by atoms with E-state index in [9.17, 15) is 18.4 Å². The number of nitrogens with one attached hydrogen (secondary N) is 1. The number of carboxylic acid groups (broad SMARTS) is 1. The highest BCUT2D eigenvalue weighted by molar-refractivity contribution is 6.12. The standard InChI is InChI=1S/C30H26F2N2O3/c31-23-10-12-27(26(32)17-23)34-30(37)25-13-14-33-28-16-22(9-11-24(25)28)21-7-5-20(6-8-21)19-3-1-18(2-4-19)15-29(35)36/h5-14,16-19H,1-4,15H2,(H,34,37)(H,35,36)/t18-,19-. The lowest BCUT2D eigenvalue weighted by Gasteiger charge is -2.28. The molecular formula is C30H26F2N2O3. The first-order chi connectivity index (χ1) is 17.9. The van der Waals surface area contributed by atoms with Crippen LogP contribution in [-0.2, 0) is 4.79 Å². The van der Waals surface area contributed by atoms with Gasteiger partial charge in [-0.2, -0.15) is 0 Å². The van der Waals surface area contributed by atoms with Crippen LogP contribution in [0.25, 0.3) is 22.0 Å². The SMILES string of the molecule is O=C(O)C[C@H]1CC[C@H](c2ccc(-c3ccc4c(C(=O)Nc5ccc(F)cc5F)ccnc4c3)cc2)CC1. The van der Waals surface area contributed by atoms with Gasteiger partial charge in [0.2, 0.25) is 0 Å². The molecule has 3 aromatic carbocycles. The van der Waals surface area contributed by atoms with Crippen molar-refractivity contribution in [3.05, 3.63) is 95.7 Å². The van der Waals surface area contributed by atoms with Gasteiger partial charge in [0, 0.05) is 24.1 Å². The van der Waals surface area contributed by atoms with Gasteiger partial charge in [-0.1, -0.05) is 36.4 Å². The molecule has 1 aliphatic carbocycles. The molecule has 2 N–H and O–H groups in total. The van der Waals surface area contributed by atoms with Gasteiger partial charge in [-0.15, -0.1) is 0 Å². The van der Waals surface area contributed by atoms with Crippen LogP contribution in [-0.4, -0.2) is 22.0 Å². The van der Waals surface area contributed by atoms with Crippen LogP contribution in [0.5, 0.6) is 0 Å². The molecule has 1 aromatic heterocycles. The molecule has 0 bridgehead atoms. The number of benzene rings is 3. The molecule has 5 rings (SSSR count). The summed E-state index contributed by atoms with van der Waals surface area (Å²) in [6.07, 6.45) is 5.69. The van der Waals surface area contributed by atoms with Crippen molar-refractivity contribution in [3.63, 3.8) is 0 Å². The fourth-order valence-electron chi connectivity index (χ4n) is 5.20. The second-order valence-corrected chi connectivity index (χ2v) is 9.61. The number of halogens is 2. The third-order valence-electron chi connectivity index (χ3n) is 7.19. The van der Waals surface area contributed by atoms with E-state index < -0.39 is 23.5 Å². The minimum absolute atomic E-state index is 0.0940. The Bertz CT molecular complexity index is 1460. The summed E-state index contributed by atoms with van der Waals surface area (Å²) in [5.74, 6) is -2.05. The van der Waals surface area contributed by atoms with Gasteiger partial charge in [-0.25, -0.2) is 8.78 Å². The molecule has 4 aromatic rings. The molecule has 1 fully saturated rings. The molecule has 0 radical (unpaired) electrons. The quantitative estimate of drug-likeness (QED) is 0.294. The summed E-state index contributed by atoms with van der Waals surface area (Å²) in [4.78, 5) is 28.2. The topological polar surface area (TPSA) is 79.3 Å². The number of carbonyl (C=O) groups excluding carboxylic acids is 1. The van der Waals surface area contributed by atoms with Gasteiger partial charge in [-0.3, -0.25) is 14.6 Å². The molecule has 1 saturated carbocycles. The van der Waals surface area contributed by atoms with Crippen LogP contribution in [0.4, 0.5) is 14.5 Å². The Kier molecular flexibility index (Phi) is 6.95. The predicted molar refractivity (Wildman–Crippen MR) is 138 cm³/mol. The minimum Gasteiger partial charge on any atom is -0.481 e. The van der Waals surface area contributed by atoms with Crippen molar-refractivity contribution in [1.29, 1.82) is 0 Å². The van der Waals surface area contributed by atoms with Crippen LogP contribution >= 0.6 is 0 Å². The second kappa shape index (κ2) is 10.5. The van der Waals surface area contributed by atoms with Gasteiger partial charge in [0.05, 0.1) is 16.8 Å². The average molecular weight is 501 g/mol. The first kappa shape index (κ1) is 24.6. The van der Waals surface area contributed by atoms with Crippen molar-refractivity contribution in [1.82, 2.24) is 4.98 Å². The lowest BCUT2D eigenvalue weighted by Crippen LogP contribution is -2.16. The minimum atomic E-state index is -0.842. The van der Waals surface area contributed by atoms with Crippen molar-refractivity contribution >= 4 is 28.5 Å². The maximum Gasteiger partial charge on any atom is 0.303 e. The van der Waals surface area contributed by atoms with Crippen LogP contribution in [0.15, 0.2) is 72.9 Å². The molecule has 0 saturated heterocycles. The Labute approximate surface area is 213 Å². The normalized spacial score (nSPS) is 17.5. The Morgan fingerprint density at radius 3 is 2.32 bits per heavy atom. The van der Waals surface area contributed by atoms with E-state index in [2.05, 4.69) is 34.6 Å². The van der Waals surface area contributed by atoms with Crippen molar-refractivity contribution in [2.24, 2.45) is 5.92 Å². The van der Waals surface area contributed by atoms with Crippen LogP contribution in [0.3, 0.4) is 0 Å². The van der Waals surface area contributed by atoms with E-state index in [0.717, 1.165) is 48.9 Å². The first-order valence-corrected chi connectivity index (χ1v) is 12.3. The number of hydrogen-bond donors (Lipinski definition) is 2. The predicted octanol–water partition coefficient (Wildman–Crippen LogP) is 7.18. The molecule has 0 aliphatic heterocycles. The van der Waals surface area contributed by atoms with E-state index in [1.807, 2.05) is 18.2 Å². The third kappa shape index (κ3) is 5.50. The Balaban J connectivity index is 1.32. The van der Waals surface area contributed by atoms with E-state index in [-0.39, 0.29) is 18.0 Å². The number of amides is 1. The number of hydrogen-bond acceptors (Lipinski definition) is 3. The smallest absolute Gasteiger partial charge is 0.303 e. The van der Waals surface area contributed by atoms with Crippen molar-refractivity contribution in [2.75, 3.05) is 5.32 Å². The summed E-state index contributed by atoms with van der Waals surface area (Å²) in [5, 5.41) is 12.2. The third-order valence-corrected chi connectivity index (χ3v) is 7.19. The number of rotatable bonds is 6. The molecule has 7 heteroatoms. The van der Waals surface area contributed by atoms with E-state index in [4.69, 9.17) is 5.11 Å². The number of nitrogens with zero attached hydrogens (tertiary/aromatic N) is 1. The average Bonchev–Trinajstić information content (AvgIpc) is 2.90. The molecule has 1 heterocycles. The van der Waals surface area contributed by atoms with Crippen molar-refractivity contribution in [2.45, 2.75) is 38.0 Å². The van der Waals surface area contributed by atoms with E-state index in [0.29, 0.717) is 22.4 Å². The van der Waals surface area contributed by atoms with Gasteiger partial charge < -0.3 is 10.4 Å². The fourth-order valence-corrected chi connectivity index (χ4v) is 5.20. The molecule has 0 spiro atoms. The van der Waals surface area contributed by atoms with Crippen molar-refractivity contribution < 1.29 is 23.5 Å². The van der Waals surface area contributed by atoms with E-state index in [1.54, 1.807) is 6.07 Å². The summed E-state index contributed by atoms with van der Waals surface area (Å²) in [7, 11) is 0. The summed E-state index contributed by atoms with van der Waals surface area (Å²) in [6, 6.07) is 18.7. The molecule has 188 valence electrons. The van der Waals surface area contributed by atoms with E-state index >= 15 is 0 Å².